The van der Waals surface area contributed by atoms with Crippen LogP contribution in [0.5, 0.6) is 0 Å². The lowest BCUT2D eigenvalue weighted by Crippen LogP contribution is -2.45. The van der Waals surface area contributed by atoms with Crippen LogP contribution in [0.25, 0.3) is 0 Å². The maximum absolute atomic E-state index is 3.69. The highest BCUT2D eigenvalue weighted by molar-refractivity contribution is 9.10. The molecular weight excluding hydrogens is 347 g/mol. The number of benzene rings is 1. The first-order valence-corrected chi connectivity index (χ1v) is 7.31. The molecule has 0 radical (unpaired) electrons. The molecule has 0 aromatic heterocycles. The summed E-state index contributed by atoms with van der Waals surface area (Å²) in [4.78, 5) is 2.61. The van der Waals surface area contributed by atoms with Crippen LogP contribution in [0.15, 0.2) is 28.7 Å². The van der Waals surface area contributed by atoms with Crippen LogP contribution in [0.1, 0.15) is 31.4 Å². The van der Waals surface area contributed by atoms with E-state index in [-0.39, 0.29) is 24.8 Å². The Morgan fingerprint density at radius 1 is 1.21 bits per heavy atom. The lowest BCUT2D eigenvalue weighted by atomic mass is 10.00. The molecule has 110 valence electrons. The highest BCUT2D eigenvalue weighted by atomic mass is 79.9. The van der Waals surface area contributed by atoms with Gasteiger partial charge < -0.3 is 5.32 Å². The van der Waals surface area contributed by atoms with Gasteiger partial charge in [0.05, 0.1) is 0 Å². The molecule has 1 fully saturated rings. The van der Waals surface area contributed by atoms with Crippen molar-refractivity contribution in [2.24, 2.45) is 0 Å². The molecule has 1 aromatic carbocycles. The maximum Gasteiger partial charge on any atom is 0.0360 e. The van der Waals surface area contributed by atoms with Gasteiger partial charge in [-0.1, -0.05) is 47.5 Å². The minimum Gasteiger partial charge on any atom is -0.314 e. The van der Waals surface area contributed by atoms with E-state index in [4.69, 9.17) is 0 Å². The molecule has 2 nitrogen and oxygen atoms in total. The Bertz CT molecular complexity index is 357. The lowest BCUT2D eigenvalue weighted by Gasteiger charge is -2.35. The summed E-state index contributed by atoms with van der Waals surface area (Å²) in [5.41, 5.74) is 1.44. The Balaban J connectivity index is 0.00000162. The number of piperazine rings is 1. The van der Waals surface area contributed by atoms with Gasteiger partial charge in [0.15, 0.2) is 0 Å². The predicted molar refractivity (Wildman–Crippen MR) is 90.7 cm³/mol. The van der Waals surface area contributed by atoms with Crippen molar-refractivity contribution in [2.45, 2.75) is 25.8 Å². The van der Waals surface area contributed by atoms with Crippen molar-refractivity contribution in [1.82, 2.24) is 10.2 Å². The second-order valence-electron chi connectivity index (χ2n) is 4.61. The van der Waals surface area contributed by atoms with Crippen molar-refractivity contribution in [3.8, 4) is 0 Å². The van der Waals surface area contributed by atoms with E-state index in [0.717, 1.165) is 26.2 Å². The van der Waals surface area contributed by atoms with Crippen molar-refractivity contribution >= 4 is 40.7 Å². The summed E-state index contributed by atoms with van der Waals surface area (Å²) in [6.07, 6.45) is 2.47. The molecule has 0 spiro atoms. The molecule has 1 aliphatic heterocycles. The molecule has 0 amide bonds. The minimum absolute atomic E-state index is 0. The Labute approximate surface area is 137 Å². The topological polar surface area (TPSA) is 15.3 Å². The average molecular weight is 370 g/mol. The summed E-state index contributed by atoms with van der Waals surface area (Å²) in [6.45, 7) is 6.82. The molecule has 2 rings (SSSR count). The van der Waals surface area contributed by atoms with Gasteiger partial charge in [-0.15, -0.1) is 24.8 Å². The van der Waals surface area contributed by atoms with Crippen molar-refractivity contribution in [3.05, 3.63) is 34.3 Å². The third-order valence-electron chi connectivity index (χ3n) is 3.42. The normalized spacial score (nSPS) is 17.2. The fraction of sp³-hybridized carbons (Fsp3) is 0.571. The van der Waals surface area contributed by atoms with E-state index >= 15 is 0 Å². The van der Waals surface area contributed by atoms with E-state index < -0.39 is 0 Å². The van der Waals surface area contributed by atoms with Gasteiger partial charge in [0, 0.05) is 36.7 Å². The number of hydrogen-bond donors (Lipinski definition) is 1. The Hall–Kier alpha value is 0.200. The standard InChI is InChI=1S/C14H21BrN2.2ClH/c1-2-5-14(17-10-8-16-9-11-17)12-6-3-4-7-13(12)15;;/h3-4,6-7,14,16H,2,5,8-11H2,1H3;2*1H/t14-;;/m0../s1. The molecule has 1 aliphatic rings. The maximum atomic E-state index is 3.69. The van der Waals surface area contributed by atoms with Gasteiger partial charge in [-0.05, 0) is 18.1 Å². The quantitative estimate of drug-likeness (QED) is 0.861. The smallest absolute Gasteiger partial charge is 0.0360 e. The van der Waals surface area contributed by atoms with E-state index in [2.05, 4.69) is 57.3 Å². The molecule has 19 heavy (non-hydrogen) atoms. The zero-order valence-corrected chi connectivity index (χ0v) is 14.5. The zero-order valence-electron chi connectivity index (χ0n) is 11.3. The number of nitrogens with zero attached hydrogens (tertiary/aromatic N) is 1. The first kappa shape index (κ1) is 19.2. The van der Waals surface area contributed by atoms with Crippen molar-refractivity contribution < 1.29 is 0 Å². The van der Waals surface area contributed by atoms with Crippen LogP contribution in [0.4, 0.5) is 0 Å². The van der Waals surface area contributed by atoms with E-state index in [1.54, 1.807) is 0 Å². The van der Waals surface area contributed by atoms with Crippen LogP contribution >= 0.6 is 40.7 Å². The molecule has 0 saturated carbocycles. The minimum atomic E-state index is 0. The van der Waals surface area contributed by atoms with Gasteiger partial charge in [-0.3, -0.25) is 4.90 Å². The van der Waals surface area contributed by atoms with Crippen molar-refractivity contribution in [3.63, 3.8) is 0 Å². The largest absolute Gasteiger partial charge is 0.314 e. The molecule has 0 unspecified atom stereocenters. The molecule has 0 bridgehead atoms. The van der Waals surface area contributed by atoms with Crippen LogP contribution in [0, 0.1) is 0 Å². The van der Waals surface area contributed by atoms with Crippen molar-refractivity contribution in [2.75, 3.05) is 26.2 Å². The van der Waals surface area contributed by atoms with E-state index in [1.807, 2.05) is 0 Å². The summed E-state index contributed by atoms with van der Waals surface area (Å²) in [7, 11) is 0. The second kappa shape index (κ2) is 10.0. The predicted octanol–water partition coefficient (Wildman–Crippen LogP) is 4.04. The summed E-state index contributed by atoms with van der Waals surface area (Å²) in [5, 5.41) is 3.42. The van der Waals surface area contributed by atoms with Crippen LogP contribution in [0.2, 0.25) is 0 Å². The van der Waals surface area contributed by atoms with E-state index in [1.165, 1.54) is 22.9 Å². The number of hydrogen-bond acceptors (Lipinski definition) is 2. The first-order chi connectivity index (χ1) is 8.33. The molecule has 1 heterocycles. The molecular formula is C14H23BrCl2N2. The fourth-order valence-electron chi connectivity index (χ4n) is 2.55. The van der Waals surface area contributed by atoms with Gasteiger partial charge >= 0.3 is 0 Å². The van der Waals surface area contributed by atoms with E-state index in [0.29, 0.717) is 6.04 Å². The Kier molecular flexibility index (Phi) is 10.1. The van der Waals surface area contributed by atoms with E-state index in [9.17, 15) is 0 Å². The molecule has 0 aliphatic carbocycles. The third kappa shape index (κ3) is 5.24. The number of halogens is 3. The van der Waals surface area contributed by atoms with Crippen molar-refractivity contribution in [1.29, 1.82) is 0 Å². The molecule has 5 heteroatoms. The Morgan fingerprint density at radius 2 is 1.84 bits per heavy atom. The van der Waals surface area contributed by atoms with Gasteiger partial charge in [0.25, 0.3) is 0 Å². The SMILES string of the molecule is CCC[C@@H](c1ccccc1Br)N1CCNCC1.Cl.Cl. The fourth-order valence-corrected chi connectivity index (χ4v) is 3.10. The second-order valence-corrected chi connectivity index (χ2v) is 5.47. The third-order valence-corrected chi connectivity index (χ3v) is 4.14. The van der Waals surface area contributed by atoms with Crippen LogP contribution in [-0.4, -0.2) is 31.1 Å². The van der Waals surface area contributed by atoms with Gasteiger partial charge in [-0.25, -0.2) is 0 Å². The monoisotopic (exact) mass is 368 g/mol. The van der Waals surface area contributed by atoms with Crippen LogP contribution in [-0.2, 0) is 0 Å². The highest BCUT2D eigenvalue weighted by Gasteiger charge is 2.22. The van der Waals surface area contributed by atoms with Crippen LogP contribution < -0.4 is 5.32 Å². The molecule has 1 saturated heterocycles. The lowest BCUT2D eigenvalue weighted by molar-refractivity contribution is 0.164. The van der Waals surface area contributed by atoms with Crippen LogP contribution in [0.3, 0.4) is 0 Å². The average Bonchev–Trinajstić information content (AvgIpc) is 2.38. The molecule has 1 aromatic rings. The number of nitrogens with one attached hydrogen (secondary N) is 1. The molecule has 1 atom stereocenters. The Morgan fingerprint density at radius 3 is 2.42 bits per heavy atom. The van der Waals surface area contributed by atoms with Gasteiger partial charge in [-0.2, -0.15) is 0 Å². The summed E-state index contributed by atoms with van der Waals surface area (Å²) in [6, 6.07) is 9.21. The molecule has 1 N–H and O–H groups in total. The zero-order chi connectivity index (χ0) is 12.1. The summed E-state index contributed by atoms with van der Waals surface area (Å²) in [5.74, 6) is 0. The highest BCUT2D eigenvalue weighted by Crippen LogP contribution is 2.31. The first-order valence-electron chi connectivity index (χ1n) is 6.52. The van der Waals surface area contributed by atoms with Gasteiger partial charge in [0.1, 0.15) is 0 Å². The summed E-state index contributed by atoms with van der Waals surface area (Å²) >= 11 is 3.69. The van der Waals surface area contributed by atoms with Gasteiger partial charge in [0.2, 0.25) is 0 Å². The number of rotatable bonds is 4. The summed E-state index contributed by atoms with van der Waals surface area (Å²) < 4.78 is 1.25.